The van der Waals surface area contributed by atoms with Crippen LogP contribution in [0.1, 0.15) is 46.6 Å². The maximum absolute atomic E-state index is 10.6. The number of nitrogens with zero attached hydrogens (tertiary/aromatic N) is 2. The Labute approximate surface area is 233 Å². The molecule has 2 saturated heterocycles. The molecular formula is C27H34F6N2O4S. The molecule has 0 aliphatic carbocycles. The number of halogens is 6. The van der Waals surface area contributed by atoms with Gasteiger partial charge in [-0.05, 0) is 82.3 Å². The molecule has 0 bridgehead atoms. The Balaban J connectivity index is 0.000000333. The number of alkyl halides is 6. The summed E-state index contributed by atoms with van der Waals surface area (Å²) >= 11 is 1.96. The molecule has 4 rings (SSSR count). The van der Waals surface area contributed by atoms with E-state index in [0.29, 0.717) is 5.41 Å². The number of carboxylic acids is 2. The molecule has 3 heterocycles. The lowest BCUT2D eigenvalue weighted by Crippen LogP contribution is -2.49. The van der Waals surface area contributed by atoms with Gasteiger partial charge in [0.25, 0.3) is 0 Å². The molecule has 1 aromatic carbocycles. The quantitative estimate of drug-likeness (QED) is 0.392. The zero-order valence-electron chi connectivity index (χ0n) is 22.3. The number of likely N-dealkylation sites (tertiary alicyclic amines) is 2. The average molecular weight is 597 g/mol. The van der Waals surface area contributed by atoms with Crippen molar-refractivity contribution in [2.75, 3.05) is 26.2 Å². The largest absolute Gasteiger partial charge is 0.490 e. The predicted octanol–water partition coefficient (Wildman–Crippen LogP) is 6.51. The fourth-order valence-electron chi connectivity index (χ4n) is 4.78. The van der Waals surface area contributed by atoms with Crippen molar-refractivity contribution < 1.29 is 46.1 Å². The molecule has 1 aromatic heterocycles. The van der Waals surface area contributed by atoms with Crippen LogP contribution >= 0.6 is 11.3 Å². The van der Waals surface area contributed by atoms with E-state index in [1.807, 2.05) is 11.3 Å². The van der Waals surface area contributed by atoms with E-state index < -0.39 is 24.3 Å². The van der Waals surface area contributed by atoms with Crippen molar-refractivity contribution in [2.24, 2.45) is 5.41 Å². The normalized spacial score (nSPS) is 17.8. The topological polar surface area (TPSA) is 81.1 Å². The Hall–Kier alpha value is -2.64. The molecule has 0 atom stereocenters. The molecule has 2 aliphatic heterocycles. The zero-order chi connectivity index (χ0) is 30.1. The van der Waals surface area contributed by atoms with Gasteiger partial charge in [-0.3, -0.25) is 9.80 Å². The van der Waals surface area contributed by atoms with Crippen LogP contribution in [0.2, 0.25) is 0 Å². The average Bonchev–Trinajstić information content (AvgIpc) is 3.26. The van der Waals surface area contributed by atoms with Gasteiger partial charge in [0.2, 0.25) is 0 Å². The second kappa shape index (κ2) is 14.3. The summed E-state index contributed by atoms with van der Waals surface area (Å²) in [6, 6.07) is 13.7. The Kier molecular flexibility index (Phi) is 12.0. The lowest BCUT2D eigenvalue weighted by molar-refractivity contribution is -0.193. The standard InChI is InChI=1S/C23H32N2S.2C2HF3O2/c1-19-4-7-21(8-5-19)16-25-13-3-10-23(18-25)11-14-24(15-12-23)17-22-9-6-20(2)26-22;2*3-2(4,5)1(6)7/h4-9H,3,10-18H2,1-2H3;2*(H,6,7). The lowest BCUT2D eigenvalue weighted by Gasteiger charge is -2.47. The monoisotopic (exact) mass is 596 g/mol. The van der Waals surface area contributed by atoms with Crippen LogP contribution < -0.4 is 0 Å². The van der Waals surface area contributed by atoms with Crippen LogP contribution in [0.3, 0.4) is 0 Å². The number of benzene rings is 1. The predicted molar refractivity (Wildman–Crippen MR) is 139 cm³/mol. The smallest absolute Gasteiger partial charge is 0.475 e. The van der Waals surface area contributed by atoms with E-state index in [4.69, 9.17) is 19.8 Å². The van der Waals surface area contributed by atoms with Gasteiger partial charge >= 0.3 is 24.3 Å². The molecule has 0 unspecified atom stereocenters. The number of hydrogen-bond acceptors (Lipinski definition) is 5. The Morgan fingerprint density at radius 3 is 1.77 bits per heavy atom. The maximum atomic E-state index is 10.6. The number of thiophene rings is 1. The summed E-state index contributed by atoms with van der Waals surface area (Å²) in [5.74, 6) is -5.51. The number of carbonyl (C=O) groups is 2. The summed E-state index contributed by atoms with van der Waals surface area (Å²) in [4.78, 5) is 26.2. The highest BCUT2D eigenvalue weighted by Gasteiger charge is 2.39. The Bertz CT molecular complexity index is 1070. The number of aliphatic carboxylic acids is 2. The fourth-order valence-corrected chi connectivity index (χ4v) is 5.71. The molecular weight excluding hydrogens is 562 g/mol. The van der Waals surface area contributed by atoms with Gasteiger partial charge in [0.15, 0.2) is 0 Å². The van der Waals surface area contributed by atoms with E-state index in [0.717, 1.165) is 13.1 Å². The Morgan fingerprint density at radius 2 is 1.32 bits per heavy atom. The van der Waals surface area contributed by atoms with Gasteiger partial charge in [-0.15, -0.1) is 11.3 Å². The van der Waals surface area contributed by atoms with Crippen molar-refractivity contribution in [3.63, 3.8) is 0 Å². The van der Waals surface area contributed by atoms with Gasteiger partial charge in [0.05, 0.1) is 0 Å². The van der Waals surface area contributed by atoms with Gasteiger partial charge in [-0.2, -0.15) is 26.3 Å². The third-order valence-electron chi connectivity index (χ3n) is 6.84. The first-order chi connectivity index (χ1) is 18.5. The van der Waals surface area contributed by atoms with E-state index in [9.17, 15) is 26.3 Å². The molecule has 0 saturated carbocycles. The van der Waals surface area contributed by atoms with Crippen molar-refractivity contribution in [2.45, 2.75) is 65.0 Å². The van der Waals surface area contributed by atoms with Gasteiger partial charge in [0, 0.05) is 29.4 Å². The number of hydrogen-bond donors (Lipinski definition) is 2. The van der Waals surface area contributed by atoms with Crippen LogP contribution in [-0.4, -0.2) is 70.5 Å². The minimum atomic E-state index is -5.08. The van der Waals surface area contributed by atoms with Crippen LogP contribution in [0.4, 0.5) is 26.3 Å². The second-order valence-electron chi connectivity index (χ2n) is 10.2. The molecule has 2 N–H and O–H groups in total. The summed E-state index contributed by atoms with van der Waals surface area (Å²) in [7, 11) is 0. The first-order valence-electron chi connectivity index (χ1n) is 12.6. The highest BCUT2D eigenvalue weighted by molar-refractivity contribution is 7.11. The van der Waals surface area contributed by atoms with Crippen LogP contribution in [0.5, 0.6) is 0 Å². The molecule has 13 heteroatoms. The molecule has 2 fully saturated rings. The van der Waals surface area contributed by atoms with E-state index in [1.54, 1.807) is 0 Å². The second-order valence-corrected chi connectivity index (χ2v) is 11.6. The van der Waals surface area contributed by atoms with Crippen molar-refractivity contribution >= 4 is 23.3 Å². The highest BCUT2D eigenvalue weighted by Crippen LogP contribution is 2.40. The van der Waals surface area contributed by atoms with Gasteiger partial charge < -0.3 is 10.2 Å². The minimum Gasteiger partial charge on any atom is -0.475 e. The zero-order valence-corrected chi connectivity index (χ0v) is 23.1. The first kappa shape index (κ1) is 33.6. The van der Waals surface area contributed by atoms with Crippen molar-refractivity contribution in [3.8, 4) is 0 Å². The van der Waals surface area contributed by atoms with Crippen LogP contribution in [0, 0.1) is 19.3 Å². The van der Waals surface area contributed by atoms with Gasteiger partial charge in [0.1, 0.15) is 0 Å². The van der Waals surface area contributed by atoms with Crippen LogP contribution in [-0.2, 0) is 22.7 Å². The molecule has 224 valence electrons. The lowest BCUT2D eigenvalue weighted by atomic mass is 9.72. The maximum Gasteiger partial charge on any atom is 0.490 e. The van der Waals surface area contributed by atoms with Crippen LogP contribution in [0.15, 0.2) is 36.4 Å². The summed E-state index contributed by atoms with van der Waals surface area (Å²) in [6.45, 7) is 11.8. The van der Waals surface area contributed by atoms with E-state index in [2.05, 4.69) is 60.0 Å². The molecule has 6 nitrogen and oxygen atoms in total. The number of rotatable bonds is 4. The van der Waals surface area contributed by atoms with Gasteiger partial charge in [-0.25, -0.2) is 9.59 Å². The van der Waals surface area contributed by atoms with Crippen molar-refractivity contribution in [3.05, 3.63) is 57.3 Å². The summed E-state index contributed by atoms with van der Waals surface area (Å²) in [5.41, 5.74) is 3.40. The van der Waals surface area contributed by atoms with E-state index >= 15 is 0 Å². The molecule has 1 spiro atoms. The van der Waals surface area contributed by atoms with E-state index in [-0.39, 0.29) is 0 Å². The Morgan fingerprint density at radius 1 is 0.800 bits per heavy atom. The van der Waals surface area contributed by atoms with Crippen molar-refractivity contribution in [1.82, 2.24) is 9.80 Å². The number of piperidine rings is 2. The fraction of sp³-hybridized carbons (Fsp3) is 0.556. The van der Waals surface area contributed by atoms with E-state index in [1.165, 1.54) is 72.7 Å². The number of carboxylic acid groups (broad SMARTS) is 2. The minimum absolute atomic E-state index is 0.574. The van der Waals surface area contributed by atoms with Gasteiger partial charge in [-0.1, -0.05) is 29.8 Å². The number of aryl methyl sites for hydroxylation is 2. The van der Waals surface area contributed by atoms with Crippen LogP contribution in [0.25, 0.3) is 0 Å². The SMILES string of the molecule is Cc1ccc(CN2CCCC3(CCN(Cc4ccc(C)s4)CC3)C2)cc1.O=C(O)C(F)(F)F.O=C(O)C(F)(F)F. The first-order valence-corrected chi connectivity index (χ1v) is 13.5. The third kappa shape index (κ3) is 11.5. The highest BCUT2D eigenvalue weighted by atomic mass is 32.1. The summed E-state index contributed by atoms with van der Waals surface area (Å²) < 4.78 is 63.5. The molecule has 2 aromatic rings. The third-order valence-corrected chi connectivity index (χ3v) is 7.83. The summed E-state index contributed by atoms with van der Waals surface area (Å²) in [6.07, 6.45) is -4.61. The summed E-state index contributed by atoms with van der Waals surface area (Å²) in [5, 5.41) is 14.2. The molecule has 0 radical (unpaired) electrons. The molecule has 0 amide bonds. The van der Waals surface area contributed by atoms with Crippen molar-refractivity contribution in [1.29, 1.82) is 0 Å². The molecule has 40 heavy (non-hydrogen) atoms. The molecule has 2 aliphatic rings.